The van der Waals surface area contributed by atoms with Crippen molar-refractivity contribution in [3.8, 4) is 0 Å². The smallest absolute Gasteiger partial charge is 0.330 e. The van der Waals surface area contributed by atoms with Gasteiger partial charge in [-0.15, -0.1) is 11.3 Å². The molecule has 1 spiro atoms. The number of rotatable bonds is 7. The Morgan fingerprint density at radius 2 is 1.97 bits per heavy atom. The molecule has 1 aliphatic heterocycles. The predicted molar refractivity (Wildman–Crippen MR) is 112 cm³/mol. The summed E-state index contributed by atoms with van der Waals surface area (Å²) in [4.78, 5) is 43.4. The third kappa shape index (κ3) is 5.48. The van der Waals surface area contributed by atoms with E-state index in [4.69, 9.17) is 5.21 Å². The number of amides is 3. The van der Waals surface area contributed by atoms with Gasteiger partial charge >= 0.3 is 6.18 Å². The molecule has 2 heterocycles. The summed E-state index contributed by atoms with van der Waals surface area (Å²) in [6, 6.07) is -0.832. The van der Waals surface area contributed by atoms with Crippen LogP contribution < -0.4 is 10.8 Å². The van der Waals surface area contributed by atoms with Gasteiger partial charge in [-0.2, -0.15) is 13.2 Å². The zero-order chi connectivity index (χ0) is 23.8. The van der Waals surface area contributed by atoms with Gasteiger partial charge < -0.3 is 10.2 Å². The minimum absolute atomic E-state index is 0.144. The molecule has 2 saturated carbocycles. The third-order valence-electron chi connectivity index (χ3n) is 7.07. The number of likely N-dealkylation sites (tertiary alicyclic amines) is 1. The number of hydrogen-bond acceptors (Lipinski definition) is 6. The molecule has 1 saturated heterocycles. The highest BCUT2D eigenvalue weighted by molar-refractivity contribution is 7.13. The molecule has 0 bridgehead atoms. The van der Waals surface area contributed by atoms with Crippen LogP contribution in [0.15, 0.2) is 5.38 Å². The first-order valence-electron chi connectivity index (χ1n) is 11.2. The summed E-state index contributed by atoms with van der Waals surface area (Å²) in [6.07, 6.45) is 2.01. The van der Waals surface area contributed by atoms with Gasteiger partial charge in [0.15, 0.2) is 10.8 Å². The van der Waals surface area contributed by atoms with E-state index >= 15 is 0 Å². The molecular formula is C21H27F3N4O4S. The predicted octanol–water partition coefficient (Wildman–Crippen LogP) is 3.57. The Bertz CT molecular complexity index is 912. The van der Waals surface area contributed by atoms with Crippen molar-refractivity contribution in [2.75, 3.05) is 11.9 Å². The molecule has 33 heavy (non-hydrogen) atoms. The molecule has 3 amide bonds. The van der Waals surface area contributed by atoms with Gasteiger partial charge in [0.1, 0.15) is 6.04 Å². The lowest BCUT2D eigenvalue weighted by Crippen LogP contribution is -2.46. The van der Waals surface area contributed by atoms with Crippen molar-refractivity contribution in [2.24, 2.45) is 17.3 Å². The quantitative estimate of drug-likeness (QED) is 0.401. The first-order chi connectivity index (χ1) is 15.6. The van der Waals surface area contributed by atoms with Crippen LogP contribution in [0.4, 0.5) is 18.3 Å². The van der Waals surface area contributed by atoms with E-state index in [0.29, 0.717) is 36.6 Å². The lowest BCUT2D eigenvalue weighted by atomic mass is 9.89. The van der Waals surface area contributed by atoms with Crippen molar-refractivity contribution in [3.63, 3.8) is 0 Å². The number of thiazole rings is 1. The van der Waals surface area contributed by atoms with Crippen LogP contribution in [0, 0.1) is 17.3 Å². The van der Waals surface area contributed by atoms with Gasteiger partial charge in [0.05, 0.1) is 0 Å². The minimum Gasteiger partial charge on any atom is -0.330 e. The molecular weight excluding hydrogens is 461 g/mol. The van der Waals surface area contributed by atoms with E-state index in [1.165, 1.54) is 4.90 Å². The second-order valence-electron chi connectivity index (χ2n) is 9.53. The van der Waals surface area contributed by atoms with Crippen molar-refractivity contribution in [2.45, 2.75) is 70.0 Å². The van der Waals surface area contributed by atoms with Crippen LogP contribution in [0.5, 0.6) is 0 Å². The topological polar surface area (TPSA) is 112 Å². The van der Waals surface area contributed by atoms with E-state index in [1.54, 1.807) is 5.48 Å². The summed E-state index contributed by atoms with van der Waals surface area (Å²) in [5.74, 6) is -1.89. The Kier molecular flexibility index (Phi) is 6.68. The Morgan fingerprint density at radius 1 is 1.27 bits per heavy atom. The number of alkyl halides is 3. The van der Waals surface area contributed by atoms with Crippen molar-refractivity contribution in [3.05, 3.63) is 11.1 Å². The zero-order valence-electron chi connectivity index (χ0n) is 18.0. The summed E-state index contributed by atoms with van der Waals surface area (Å²) in [7, 11) is 0. The first-order valence-corrected chi connectivity index (χ1v) is 12.1. The minimum atomic E-state index is -4.60. The summed E-state index contributed by atoms with van der Waals surface area (Å²) in [5.41, 5.74) is 0.367. The second-order valence-corrected chi connectivity index (χ2v) is 10.4. The van der Waals surface area contributed by atoms with E-state index in [2.05, 4.69) is 10.3 Å². The number of aromatic nitrogens is 1. The van der Waals surface area contributed by atoms with Crippen molar-refractivity contribution in [1.29, 1.82) is 0 Å². The summed E-state index contributed by atoms with van der Waals surface area (Å²) >= 11 is 0.680. The molecule has 0 aromatic carbocycles. The highest BCUT2D eigenvalue weighted by atomic mass is 32.1. The van der Waals surface area contributed by atoms with E-state index in [-0.39, 0.29) is 22.9 Å². The number of nitrogens with one attached hydrogen (secondary N) is 2. The molecule has 8 nitrogen and oxygen atoms in total. The van der Waals surface area contributed by atoms with Gasteiger partial charge in [-0.25, -0.2) is 10.5 Å². The van der Waals surface area contributed by atoms with Crippen LogP contribution in [0.2, 0.25) is 0 Å². The molecule has 1 aromatic heterocycles. The van der Waals surface area contributed by atoms with Gasteiger partial charge in [0.2, 0.25) is 17.7 Å². The molecule has 0 unspecified atom stereocenters. The third-order valence-corrected chi connectivity index (χ3v) is 7.83. The Labute approximate surface area is 192 Å². The number of hydroxylamine groups is 1. The fraction of sp³-hybridized carbons (Fsp3) is 0.714. The molecule has 3 fully saturated rings. The number of anilines is 1. The first kappa shape index (κ1) is 23.9. The van der Waals surface area contributed by atoms with Crippen molar-refractivity contribution < 1.29 is 32.8 Å². The van der Waals surface area contributed by atoms with E-state index < -0.39 is 35.6 Å². The number of carbonyl (C=O) groups excluding carboxylic acids is 3. The maximum Gasteiger partial charge on any atom is 0.434 e. The van der Waals surface area contributed by atoms with Crippen LogP contribution >= 0.6 is 11.3 Å². The number of hydrogen-bond donors (Lipinski definition) is 3. The number of carbonyl (C=O) groups is 3. The molecule has 2 aliphatic carbocycles. The van der Waals surface area contributed by atoms with Gasteiger partial charge in [-0.1, -0.05) is 25.7 Å². The van der Waals surface area contributed by atoms with E-state index in [0.717, 1.165) is 43.9 Å². The van der Waals surface area contributed by atoms with Crippen LogP contribution in [-0.2, 0) is 20.6 Å². The standard InChI is InChI=1S/C21H27F3N4O4S/c22-21(23,24)15-10-33-19(25-15)26-17(30)14-9-20(5-6-20)11-28(14)18(31)13(8-16(29)27-32)7-12-3-1-2-4-12/h10,12-14,32H,1-9,11H2,(H,27,29)(H,25,26,30)/t13-,14+/m1/s1. The molecule has 3 aliphatic rings. The SMILES string of the molecule is O=C(C[C@@H](CC1CCCC1)C(=O)N1CC2(CC2)C[C@H]1C(=O)Nc1nc(C(F)(F)F)cs1)NO. The zero-order valence-corrected chi connectivity index (χ0v) is 18.8. The van der Waals surface area contributed by atoms with Crippen LogP contribution in [0.1, 0.15) is 63.5 Å². The van der Waals surface area contributed by atoms with Crippen molar-refractivity contribution in [1.82, 2.24) is 15.4 Å². The summed E-state index contributed by atoms with van der Waals surface area (Å²) in [5, 5.41) is 12.1. The maximum absolute atomic E-state index is 13.5. The summed E-state index contributed by atoms with van der Waals surface area (Å²) < 4.78 is 38.5. The Hall–Kier alpha value is -2.21. The summed E-state index contributed by atoms with van der Waals surface area (Å²) in [6.45, 7) is 0.386. The van der Waals surface area contributed by atoms with Gasteiger partial charge in [-0.3, -0.25) is 19.6 Å². The lowest BCUT2D eigenvalue weighted by Gasteiger charge is -2.29. The largest absolute Gasteiger partial charge is 0.434 e. The van der Waals surface area contributed by atoms with E-state index in [9.17, 15) is 27.6 Å². The van der Waals surface area contributed by atoms with Crippen molar-refractivity contribution >= 4 is 34.2 Å². The van der Waals surface area contributed by atoms with Gasteiger partial charge in [0.25, 0.3) is 0 Å². The Morgan fingerprint density at radius 3 is 2.55 bits per heavy atom. The Balaban J connectivity index is 1.49. The molecule has 2 atom stereocenters. The molecule has 12 heteroatoms. The molecule has 3 N–H and O–H groups in total. The molecule has 4 rings (SSSR count). The van der Waals surface area contributed by atoms with Crippen LogP contribution in [-0.4, -0.2) is 45.4 Å². The average Bonchev–Trinajstić information content (AvgIpc) is 3.14. The normalized spacial score (nSPS) is 23.0. The number of halogens is 3. The van der Waals surface area contributed by atoms with Crippen LogP contribution in [0.25, 0.3) is 0 Å². The van der Waals surface area contributed by atoms with E-state index in [1.807, 2.05) is 0 Å². The molecule has 0 radical (unpaired) electrons. The second kappa shape index (κ2) is 9.21. The molecule has 182 valence electrons. The van der Waals surface area contributed by atoms with Crippen LogP contribution in [0.3, 0.4) is 0 Å². The number of nitrogens with zero attached hydrogens (tertiary/aromatic N) is 2. The highest BCUT2D eigenvalue weighted by Gasteiger charge is 2.56. The average molecular weight is 489 g/mol. The monoisotopic (exact) mass is 488 g/mol. The maximum atomic E-state index is 13.5. The molecule has 1 aromatic rings. The lowest BCUT2D eigenvalue weighted by molar-refractivity contribution is -0.144. The highest BCUT2D eigenvalue weighted by Crippen LogP contribution is 2.55. The fourth-order valence-corrected chi connectivity index (χ4v) is 5.86. The van der Waals surface area contributed by atoms with Gasteiger partial charge in [-0.05, 0) is 37.0 Å². The fourth-order valence-electron chi connectivity index (χ4n) is 5.14. The van der Waals surface area contributed by atoms with Gasteiger partial charge in [0, 0.05) is 24.3 Å².